The summed E-state index contributed by atoms with van der Waals surface area (Å²) < 4.78 is 53.4. The quantitative estimate of drug-likeness (QED) is 0.272. The van der Waals surface area contributed by atoms with E-state index in [0.717, 1.165) is 5.39 Å². The van der Waals surface area contributed by atoms with Crippen molar-refractivity contribution in [2.24, 2.45) is 5.41 Å². The molecule has 2 aromatic heterocycles. The van der Waals surface area contributed by atoms with Crippen LogP contribution in [0, 0.1) is 5.41 Å². The van der Waals surface area contributed by atoms with Crippen molar-refractivity contribution < 1.29 is 32.2 Å². The molecule has 6 rings (SSSR count). The Bertz CT molecular complexity index is 1720. The summed E-state index contributed by atoms with van der Waals surface area (Å²) in [5, 5.41) is 13.1. The molecule has 4 N–H and O–H groups in total. The predicted molar refractivity (Wildman–Crippen MR) is 152 cm³/mol. The van der Waals surface area contributed by atoms with Gasteiger partial charge in [0.1, 0.15) is 17.4 Å². The van der Waals surface area contributed by atoms with Crippen molar-refractivity contribution in [1.82, 2.24) is 15.3 Å². The molecule has 10 nitrogen and oxygen atoms in total. The van der Waals surface area contributed by atoms with Crippen LogP contribution < -0.4 is 26.3 Å². The van der Waals surface area contributed by atoms with Gasteiger partial charge in [0.2, 0.25) is 17.9 Å². The van der Waals surface area contributed by atoms with Gasteiger partial charge >= 0.3 is 17.8 Å². The van der Waals surface area contributed by atoms with Gasteiger partial charge in [0, 0.05) is 42.7 Å². The molecule has 4 heterocycles. The van der Waals surface area contributed by atoms with Gasteiger partial charge in [-0.2, -0.15) is 23.1 Å². The van der Waals surface area contributed by atoms with Crippen LogP contribution in [0.2, 0.25) is 0 Å². The highest BCUT2D eigenvalue weighted by molar-refractivity contribution is 5.82. The number of halogens is 3. The average molecular weight is 596 g/mol. The number of nitrogens with two attached hydrogens (primary N) is 1. The number of anilines is 2. The molecule has 0 amide bonds. The first-order valence-electron chi connectivity index (χ1n) is 13.7. The van der Waals surface area contributed by atoms with Crippen LogP contribution in [-0.4, -0.2) is 52.9 Å². The zero-order valence-electron chi connectivity index (χ0n) is 22.8. The lowest BCUT2D eigenvalue weighted by Gasteiger charge is -2.39. The Labute approximate surface area is 243 Å². The van der Waals surface area contributed by atoms with E-state index in [-0.39, 0.29) is 22.8 Å². The zero-order valence-corrected chi connectivity index (χ0v) is 22.8. The molecular formula is C30H28F3N5O5. The van der Waals surface area contributed by atoms with E-state index in [2.05, 4.69) is 15.3 Å². The highest BCUT2D eigenvalue weighted by Crippen LogP contribution is 2.41. The van der Waals surface area contributed by atoms with E-state index in [1.165, 1.54) is 36.4 Å². The summed E-state index contributed by atoms with van der Waals surface area (Å²) >= 11 is 0. The minimum absolute atomic E-state index is 0.135. The molecule has 224 valence electrons. The molecule has 0 bridgehead atoms. The number of hydrogen-bond acceptors (Lipinski definition) is 9. The summed E-state index contributed by atoms with van der Waals surface area (Å²) in [7, 11) is 0. The zero-order chi connectivity index (χ0) is 30.4. The molecule has 1 spiro atoms. The van der Waals surface area contributed by atoms with Crippen molar-refractivity contribution in [1.29, 1.82) is 0 Å². The lowest BCUT2D eigenvalue weighted by atomic mass is 9.76. The third kappa shape index (κ3) is 5.98. The van der Waals surface area contributed by atoms with Crippen LogP contribution in [0.5, 0.6) is 5.88 Å². The summed E-state index contributed by atoms with van der Waals surface area (Å²) in [6, 6.07) is 14.7. The monoisotopic (exact) mass is 595 g/mol. The topological polar surface area (TPSA) is 144 Å². The van der Waals surface area contributed by atoms with Crippen molar-refractivity contribution >= 4 is 28.7 Å². The first-order valence-corrected chi connectivity index (χ1v) is 13.7. The first-order chi connectivity index (χ1) is 20.5. The third-order valence-electron chi connectivity index (χ3n) is 8.22. The molecule has 2 aromatic carbocycles. The SMILES string of the molecule is Nc1nc(O[C@H](c2ccc(-c3ccc4ccc(=O)oc4c3)cc2)C(F)(F)F)cc(N2CCC3(CC2)CN[C@H](C(=O)O)C3)n1. The second-order valence-corrected chi connectivity index (χ2v) is 11.1. The first kappa shape index (κ1) is 28.5. The highest BCUT2D eigenvalue weighted by atomic mass is 19.4. The van der Waals surface area contributed by atoms with E-state index in [1.807, 2.05) is 4.90 Å². The van der Waals surface area contributed by atoms with Gasteiger partial charge in [-0.05, 0) is 47.9 Å². The molecule has 43 heavy (non-hydrogen) atoms. The van der Waals surface area contributed by atoms with E-state index in [0.29, 0.717) is 61.4 Å². The molecule has 0 radical (unpaired) electrons. The fourth-order valence-corrected chi connectivity index (χ4v) is 5.87. The highest BCUT2D eigenvalue weighted by Gasteiger charge is 2.45. The van der Waals surface area contributed by atoms with Crippen molar-refractivity contribution in [2.75, 3.05) is 30.3 Å². The molecule has 0 aliphatic carbocycles. The number of benzene rings is 2. The Morgan fingerprint density at radius 2 is 1.77 bits per heavy atom. The van der Waals surface area contributed by atoms with Crippen molar-refractivity contribution in [3.63, 3.8) is 0 Å². The molecular weight excluding hydrogens is 567 g/mol. The number of rotatable bonds is 6. The van der Waals surface area contributed by atoms with Crippen molar-refractivity contribution in [3.8, 4) is 17.0 Å². The van der Waals surface area contributed by atoms with Gasteiger partial charge in [-0.1, -0.05) is 36.4 Å². The molecule has 2 aliphatic heterocycles. The predicted octanol–water partition coefficient (Wildman–Crippen LogP) is 4.55. The summed E-state index contributed by atoms with van der Waals surface area (Å²) in [4.78, 5) is 33.0. The van der Waals surface area contributed by atoms with Crippen LogP contribution in [-0.2, 0) is 4.79 Å². The normalized spacial score (nSPS) is 19.0. The largest absolute Gasteiger partial charge is 0.480 e. The maximum absolute atomic E-state index is 14.2. The lowest BCUT2D eigenvalue weighted by Crippen LogP contribution is -2.41. The number of hydrogen-bond donors (Lipinski definition) is 3. The van der Waals surface area contributed by atoms with Crippen LogP contribution in [0.4, 0.5) is 24.9 Å². The van der Waals surface area contributed by atoms with E-state index < -0.39 is 29.9 Å². The summed E-state index contributed by atoms with van der Waals surface area (Å²) in [6.07, 6.45) is -5.16. The van der Waals surface area contributed by atoms with E-state index in [9.17, 15) is 27.9 Å². The Morgan fingerprint density at radius 3 is 2.44 bits per heavy atom. The second kappa shape index (κ2) is 10.9. The van der Waals surface area contributed by atoms with E-state index >= 15 is 0 Å². The van der Waals surface area contributed by atoms with Gasteiger partial charge in [0.05, 0.1) is 0 Å². The lowest BCUT2D eigenvalue weighted by molar-refractivity contribution is -0.198. The Morgan fingerprint density at radius 1 is 1.07 bits per heavy atom. The number of nitrogens with zero attached hydrogens (tertiary/aromatic N) is 3. The van der Waals surface area contributed by atoms with E-state index in [1.54, 1.807) is 24.3 Å². The Hall–Kier alpha value is -4.65. The van der Waals surface area contributed by atoms with Gasteiger partial charge in [0.25, 0.3) is 0 Å². The van der Waals surface area contributed by atoms with Crippen LogP contribution >= 0.6 is 0 Å². The standard InChI is InChI=1S/C30H28F3N5O5/c31-30(32,33)26(19-4-1-17(2-5-19)20-6-3-18-7-8-25(39)42-22(18)13-20)43-24-14-23(36-28(34)37-24)38-11-9-29(10-12-38)15-21(27(40)41)35-16-29/h1-8,13-14,21,26,35H,9-12,15-16H2,(H,40,41)(H2,34,36,37)/t21-,26+/m0/s1. The number of alkyl halides is 3. The fraction of sp³-hybridized carbons (Fsp3) is 0.333. The van der Waals surface area contributed by atoms with Crippen LogP contribution in [0.3, 0.4) is 0 Å². The number of carboxylic acids is 1. The number of aromatic nitrogens is 2. The van der Waals surface area contributed by atoms with Gasteiger partial charge in [-0.15, -0.1) is 0 Å². The molecule has 2 fully saturated rings. The van der Waals surface area contributed by atoms with E-state index in [4.69, 9.17) is 14.9 Å². The summed E-state index contributed by atoms with van der Waals surface area (Å²) in [5.41, 5.74) is 6.76. The van der Waals surface area contributed by atoms with Gasteiger partial charge < -0.3 is 30.2 Å². The van der Waals surface area contributed by atoms with Gasteiger partial charge in [0.15, 0.2) is 0 Å². The number of carboxylic acid groups (broad SMARTS) is 1. The fourth-order valence-electron chi connectivity index (χ4n) is 5.87. The molecule has 0 saturated carbocycles. The number of aliphatic carboxylic acids is 1. The minimum Gasteiger partial charge on any atom is -0.480 e. The second-order valence-electron chi connectivity index (χ2n) is 11.1. The minimum atomic E-state index is -4.76. The maximum atomic E-state index is 14.2. The number of nitrogen functional groups attached to an aromatic ring is 1. The molecule has 13 heteroatoms. The Kier molecular flexibility index (Phi) is 7.20. The number of fused-ring (bicyclic) bond motifs is 1. The van der Waals surface area contributed by atoms with Crippen LogP contribution in [0.15, 0.2) is 69.9 Å². The molecule has 2 aliphatic rings. The smallest absolute Gasteiger partial charge is 0.429 e. The summed E-state index contributed by atoms with van der Waals surface area (Å²) in [5.74, 6) is -1.06. The molecule has 4 aromatic rings. The van der Waals surface area contributed by atoms with Gasteiger partial charge in [-0.25, -0.2) is 4.79 Å². The number of piperidine rings is 1. The maximum Gasteiger partial charge on any atom is 0.429 e. The third-order valence-corrected chi connectivity index (χ3v) is 8.22. The number of nitrogens with one attached hydrogen (secondary N) is 1. The number of carbonyl (C=O) groups is 1. The Balaban J connectivity index is 1.20. The summed E-state index contributed by atoms with van der Waals surface area (Å²) in [6.45, 7) is 1.67. The van der Waals surface area contributed by atoms with Gasteiger partial charge in [-0.3, -0.25) is 4.79 Å². The molecule has 2 atom stereocenters. The molecule has 0 unspecified atom stereocenters. The van der Waals surface area contributed by atoms with Crippen molar-refractivity contribution in [3.05, 3.63) is 76.6 Å². The number of ether oxygens (including phenoxy) is 1. The van der Waals surface area contributed by atoms with Crippen LogP contribution in [0.25, 0.3) is 22.1 Å². The average Bonchev–Trinajstić information content (AvgIpc) is 3.39. The van der Waals surface area contributed by atoms with Crippen molar-refractivity contribution in [2.45, 2.75) is 37.6 Å². The molecule has 2 saturated heterocycles. The van der Waals surface area contributed by atoms with Crippen LogP contribution in [0.1, 0.15) is 30.9 Å².